The topological polar surface area (TPSA) is 35.6 Å². The lowest BCUT2D eigenvalue weighted by molar-refractivity contribution is -0.134. The Morgan fingerprint density at radius 1 is 1.35 bits per heavy atom. The number of rotatable bonds is 5. The van der Waals surface area contributed by atoms with Gasteiger partial charge in [-0.1, -0.05) is 34.1 Å². The van der Waals surface area contributed by atoms with Crippen LogP contribution in [-0.4, -0.2) is 53.6 Å². The minimum absolute atomic E-state index is 0.0296. The minimum Gasteiger partial charge on any atom is -0.322 e. The Hall–Kier alpha value is -0.610. The van der Waals surface area contributed by atoms with Crippen molar-refractivity contribution < 1.29 is 4.79 Å². The van der Waals surface area contributed by atoms with Gasteiger partial charge in [-0.25, -0.2) is 0 Å². The fraction of sp³-hybridized carbons (Fsp3) is 0.938. The molecule has 0 aromatic carbocycles. The summed E-state index contributed by atoms with van der Waals surface area (Å²) in [4.78, 5) is 17.5. The van der Waals surface area contributed by atoms with E-state index in [0.717, 1.165) is 32.4 Å². The first-order valence-electron chi connectivity index (χ1n) is 8.42. The molecule has 0 aliphatic carbocycles. The molecular formula is C16H31N3O. The Kier molecular flexibility index (Phi) is 5.44. The molecule has 1 N–H and O–H groups in total. The summed E-state index contributed by atoms with van der Waals surface area (Å²) in [6.07, 6.45) is 4.67. The third kappa shape index (κ3) is 3.01. The molecule has 0 spiro atoms. The summed E-state index contributed by atoms with van der Waals surface area (Å²) in [5.74, 6) is 0.765. The van der Waals surface area contributed by atoms with Crippen LogP contribution in [0.1, 0.15) is 53.4 Å². The highest BCUT2D eigenvalue weighted by Gasteiger charge is 2.43. The van der Waals surface area contributed by atoms with Crippen LogP contribution in [0, 0.1) is 5.92 Å². The van der Waals surface area contributed by atoms with Crippen LogP contribution in [0.15, 0.2) is 0 Å². The number of amides is 1. The molecular weight excluding hydrogens is 250 g/mol. The van der Waals surface area contributed by atoms with Crippen LogP contribution >= 0.6 is 0 Å². The monoisotopic (exact) mass is 281 g/mol. The first-order valence-corrected chi connectivity index (χ1v) is 8.42. The van der Waals surface area contributed by atoms with Crippen LogP contribution < -0.4 is 5.32 Å². The van der Waals surface area contributed by atoms with E-state index in [1.807, 2.05) is 0 Å². The molecule has 2 fully saturated rings. The van der Waals surface area contributed by atoms with Gasteiger partial charge >= 0.3 is 0 Å². The molecule has 0 bridgehead atoms. The van der Waals surface area contributed by atoms with Crippen LogP contribution in [-0.2, 0) is 4.79 Å². The van der Waals surface area contributed by atoms with Gasteiger partial charge in [0.15, 0.2) is 0 Å². The lowest BCUT2D eigenvalue weighted by atomic mass is 9.98. The Morgan fingerprint density at radius 2 is 2.10 bits per heavy atom. The van der Waals surface area contributed by atoms with Gasteiger partial charge in [0.25, 0.3) is 0 Å². The molecule has 4 unspecified atom stereocenters. The van der Waals surface area contributed by atoms with Crippen molar-refractivity contribution in [3.8, 4) is 0 Å². The normalized spacial score (nSPS) is 33.7. The van der Waals surface area contributed by atoms with Gasteiger partial charge < -0.3 is 9.80 Å². The predicted molar refractivity (Wildman–Crippen MR) is 82.4 cm³/mol. The van der Waals surface area contributed by atoms with Crippen LogP contribution in [0.2, 0.25) is 0 Å². The number of nitrogens with one attached hydrogen (secondary N) is 1. The maximum absolute atomic E-state index is 12.8. The van der Waals surface area contributed by atoms with Crippen molar-refractivity contribution in [1.82, 2.24) is 15.1 Å². The maximum Gasteiger partial charge on any atom is 0.241 e. The third-order valence-corrected chi connectivity index (χ3v) is 5.15. The number of hydrogen-bond acceptors (Lipinski definition) is 3. The number of piperidine rings is 1. The van der Waals surface area contributed by atoms with Gasteiger partial charge in [-0.15, -0.1) is 0 Å². The van der Waals surface area contributed by atoms with Gasteiger partial charge in [-0.05, 0) is 38.3 Å². The van der Waals surface area contributed by atoms with E-state index in [2.05, 4.69) is 42.8 Å². The van der Waals surface area contributed by atoms with E-state index in [0.29, 0.717) is 17.9 Å². The van der Waals surface area contributed by atoms with Crippen molar-refractivity contribution in [2.45, 2.75) is 71.6 Å². The molecule has 0 saturated carbocycles. The Morgan fingerprint density at radius 3 is 2.70 bits per heavy atom. The van der Waals surface area contributed by atoms with Gasteiger partial charge in [0.2, 0.25) is 5.91 Å². The SMILES string of the molecule is CCC(C)C1NC(CC)N(C2CCCN(CC)C2)C1=O. The standard InChI is InChI=1S/C16H31N3O/c1-5-12(4)15-16(20)19(14(6-2)17-15)13-9-8-10-18(7-3)11-13/h12-15,17H,5-11H2,1-4H3. The summed E-state index contributed by atoms with van der Waals surface area (Å²) < 4.78 is 0. The van der Waals surface area contributed by atoms with E-state index in [-0.39, 0.29) is 12.2 Å². The van der Waals surface area contributed by atoms with Crippen molar-refractivity contribution in [3.63, 3.8) is 0 Å². The van der Waals surface area contributed by atoms with E-state index in [9.17, 15) is 4.79 Å². The van der Waals surface area contributed by atoms with Gasteiger partial charge in [-0.2, -0.15) is 0 Å². The summed E-state index contributed by atoms with van der Waals surface area (Å²) in [6, 6.07) is 0.435. The molecule has 0 aromatic rings. The van der Waals surface area contributed by atoms with Crippen LogP contribution in [0.5, 0.6) is 0 Å². The summed E-state index contributed by atoms with van der Waals surface area (Å²) >= 11 is 0. The zero-order valence-electron chi connectivity index (χ0n) is 13.6. The lowest BCUT2D eigenvalue weighted by Crippen LogP contribution is -2.52. The summed E-state index contributed by atoms with van der Waals surface area (Å²) in [7, 11) is 0. The largest absolute Gasteiger partial charge is 0.322 e. The van der Waals surface area contributed by atoms with Crippen LogP contribution in [0.4, 0.5) is 0 Å². The number of carbonyl (C=O) groups is 1. The highest BCUT2D eigenvalue weighted by molar-refractivity contribution is 5.85. The Balaban J connectivity index is 2.10. The molecule has 116 valence electrons. The van der Waals surface area contributed by atoms with Gasteiger partial charge in [0.05, 0.1) is 12.2 Å². The number of nitrogens with zero attached hydrogens (tertiary/aromatic N) is 2. The number of hydrogen-bond donors (Lipinski definition) is 1. The fourth-order valence-corrected chi connectivity index (χ4v) is 3.61. The summed E-state index contributed by atoms with van der Waals surface area (Å²) in [5, 5.41) is 3.58. The Labute approximate surface area is 123 Å². The van der Waals surface area contributed by atoms with Gasteiger partial charge in [0, 0.05) is 12.6 Å². The molecule has 4 heteroatoms. The van der Waals surface area contributed by atoms with Crippen molar-refractivity contribution in [1.29, 1.82) is 0 Å². The molecule has 4 nitrogen and oxygen atoms in total. The average Bonchev–Trinajstić information content (AvgIpc) is 2.83. The van der Waals surface area contributed by atoms with Gasteiger partial charge in [0.1, 0.15) is 0 Å². The second-order valence-electron chi connectivity index (χ2n) is 6.39. The summed E-state index contributed by atoms with van der Waals surface area (Å²) in [6.45, 7) is 12.1. The second-order valence-corrected chi connectivity index (χ2v) is 6.39. The highest BCUT2D eigenvalue weighted by atomic mass is 16.2. The van der Waals surface area contributed by atoms with E-state index >= 15 is 0 Å². The lowest BCUT2D eigenvalue weighted by Gasteiger charge is -2.39. The molecule has 2 heterocycles. The number of likely N-dealkylation sites (tertiary alicyclic amines) is 1. The summed E-state index contributed by atoms with van der Waals surface area (Å²) in [5.41, 5.74) is 0. The highest BCUT2D eigenvalue weighted by Crippen LogP contribution is 2.26. The quantitative estimate of drug-likeness (QED) is 0.838. The molecule has 2 saturated heterocycles. The predicted octanol–water partition coefficient (Wildman–Crippen LogP) is 2.05. The molecule has 4 atom stereocenters. The zero-order valence-corrected chi connectivity index (χ0v) is 13.6. The van der Waals surface area contributed by atoms with E-state index < -0.39 is 0 Å². The van der Waals surface area contributed by atoms with Crippen LogP contribution in [0.25, 0.3) is 0 Å². The average molecular weight is 281 g/mol. The molecule has 2 aliphatic rings. The maximum atomic E-state index is 12.8. The Bertz CT molecular complexity index is 334. The number of carbonyl (C=O) groups excluding carboxylic acids is 1. The minimum atomic E-state index is 0.0296. The van der Waals surface area contributed by atoms with Crippen LogP contribution in [0.3, 0.4) is 0 Å². The second kappa shape index (κ2) is 6.90. The van der Waals surface area contributed by atoms with Crippen molar-refractivity contribution in [2.24, 2.45) is 5.92 Å². The van der Waals surface area contributed by atoms with Crippen molar-refractivity contribution in [3.05, 3.63) is 0 Å². The fourth-order valence-electron chi connectivity index (χ4n) is 3.61. The van der Waals surface area contributed by atoms with E-state index in [1.54, 1.807) is 0 Å². The van der Waals surface area contributed by atoms with Crippen molar-refractivity contribution >= 4 is 5.91 Å². The molecule has 2 aliphatic heterocycles. The number of likely N-dealkylation sites (N-methyl/N-ethyl adjacent to an activating group) is 1. The van der Waals surface area contributed by atoms with E-state index in [4.69, 9.17) is 0 Å². The smallest absolute Gasteiger partial charge is 0.241 e. The van der Waals surface area contributed by atoms with E-state index in [1.165, 1.54) is 13.0 Å². The molecule has 0 aromatic heterocycles. The van der Waals surface area contributed by atoms with Gasteiger partial charge in [-0.3, -0.25) is 10.1 Å². The molecule has 20 heavy (non-hydrogen) atoms. The third-order valence-electron chi connectivity index (χ3n) is 5.15. The molecule has 2 rings (SSSR count). The first-order chi connectivity index (χ1) is 9.62. The molecule has 1 amide bonds. The zero-order chi connectivity index (χ0) is 14.7. The first kappa shape index (κ1) is 15.8. The molecule has 0 radical (unpaired) electrons. The van der Waals surface area contributed by atoms with Crippen molar-refractivity contribution in [2.75, 3.05) is 19.6 Å².